The maximum absolute atomic E-state index is 12.4. The van der Waals surface area contributed by atoms with Crippen LogP contribution in [-0.2, 0) is 10.0 Å². The van der Waals surface area contributed by atoms with Gasteiger partial charge in [-0.25, -0.2) is 13.1 Å². The summed E-state index contributed by atoms with van der Waals surface area (Å²) in [6, 6.07) is 6.31. The first-order chi connectivity index (χ1) is 9.92. The van der Waals surface area contributed by atoms with Crippen LogP contribution in [0.3, 0.4) is 0 Å². The van der Waals surface area contributed by atoms with Crippen molar-refractivity contribution in [2.24, 2.45) is 5.92 Å². The largest absolute Gasteiger partial charge is 0.294 e. The molecule has 1 aromatic rings. The Morgan fingerprint density at radius 3 is 2.52 bits per heavy atom. The van der Waals surface area contributed by atoms with Crippen LogP contribution in [0, 0.1) is 5.92 Å². The molecule has 1 aliphatic carbocycles. The highest BCUT2D eigenvalue weighted by atomic mass is 32.2. The molecule has 0 bridgehead atoms. The molecule has 0 aliphatic heterocycles. The van der Waals surface area contributed by atoms with Crippen molar-refractivity contribution in [2.75, 3.05) is 0 Å². The molecule has 1 N–H and O–H groups in total. The lowest BCUT2D eigenvalue weighted by molar-refractivity contribution is 0.0988. The third-order valence-electron chi connectivity index (χ3n) is 4.13. The number of nitrogens with one attached hydrogen (secondary N) is 1. The van der Waals surface area contributed by atoms with Gasteiger partial charge in [0.05, 0.1) is 4.90 Å². The van der Waals surface area contributed by atoms with Gasteiger partial charge in [-0.3, -0.25) is 4.79 Å². The summed E-state index contributed by atoms with van der Waals surface area (Å²) in [5, 5.41) is 0. The van der Waals surface area contributed by atoms with Gasteiger partial charge in [0.25, 0.3) is 0 Å². The number of sulfonamides is 1. The van der Waals surface area contributed by atoms with E-state index in [1.54, 1.807) is 25.1 Å². The zero-order valence-electron chi connectivity index (χ0n) is 12.6. The number of rotatable bonds is 5. The van der Waals surface area contributed by atoms with Gasteiger partial charge >= 0.3 is 0 Å². The van der Waals surface area contributed by atoms with E-state index in [0.29, 0.717) is 17.9 Å². The number of carbonyl (C=O) groups excluding carboxylic acids is 1. The minimum absolute atomic E-state index is 0.0109. The Kier molecular flexibility index (Phi) is 5.17. The van der Waals surface area contributed by atoms with Gasteiger partial charge in [-0.05, 0) is 43.7 Å². The van der Waals surface area contributed by atoms with Crippen LogP contribution in [0.1, 0.15) is 56.3 Å². The summed E-state index contributed by atoms with van der Waals surface area (Å²) in [7, 11) is -3.54. The van der Waals surface area contributed by atoms with Crippen LogP contribution in [-0.4, -0.2) is 20.2 Å². The molecule has 1 aromatic carbocycles. The lowest BCUT2D eigenvalue weighted by atomic mass is 9.88. The predicted octanol–water partition coefficient (Wildman–Crippen LogP) is 3.14. The Morgan fingerprint density at radius 1 is 1.24 bits per heavy atom. The molecule has 1 fully saturated rings. The fraction of sp³-hybridized carbons (Fsp3) is 0.562. The van der Waals surface area contributed by atoms with Crippen LogP contribution in [0.25, 0.3) is 0 Å². The normalized spacial score (nSPS) is 23.0. The lowest BCUT2D eigenvalue weighted by Crippen LogP contribution is -2.37. The van der Waals surface area contributed by atoms with E-state index >= 15 is 0 Å². The molecule has 0 unspecified atom stereocenters. The van der Waals surface area contributed by atoms with Crippen molar-refractivity contribution in [1.29, 1.82) is 0 Å². The molecule has 0 heterocycles. The summed E-state index contributed by atoms with van der Waals surface area (Å²) >= 11 is 0. The SMILES string of the molecule is CCC(=O)c1cccc(S(=O)(=O)NC2CCC(C)CC2)c1. The second-order valence-electron chi connectivity index (χ2n) is 5.88. The highest BCUT2D eigenvalue weighted by Gasteiger charge is 2.24. The Labute approximate surface area is 127 Å². The van der Waals surface area contributed by atoms with Crippen molar-refractivity contribution in [3.8, 4) is 0 Å². The molecule has 0 atom stereocenters. The van der Waals surface area contributed by atoms with E-state index in [-0.39, 0.29) is 16.7 Å². The fourth-order valence-corrected chi connectivity index (χ4v) is 4.06. The summed E-state index contributed by atoms with van der Waals surface area (Å²) in [6.45, 7) is 3.97. The van der Waals surface area contributed by atoms with E-state index in [1.807, 2.05) is 0 Å². The number of benzene rings is 1. The highest BCUT2D eigenvalue weighted by molar-refractivity contribution is 7.89. The molecule has 4 nitrogen and oxygen atoms in total. The van der Waals surface area contributed by atoms with E-state index in [0.717, 1.165) is 25.7 Å². The molecular formula is C16H23NO3S. The molecule has 1 saturated carbocycles. The number of carbonyl (C=O) groups is 1. The Morgan fingerprint density at radius 2 is 1.90 bits per heavy atom. The van der Waals surface area contributed by atoms with Crippen LogP contribution >= 0.6 is 0 Å². The van der Waals surface area contributed by atoms with Gasteiger partial charge in [0.15, 0.2) is 5.78 Å². The van der Waals surface area contributed by atoms with E-state index in [2.05, 4.69) is 11.6 Å². The molecule has 0 saturated heterocycles. The van der Waals surface area contributed by atoms with Gasteiger partial charge in [0.1, 0.15) is 0 Å². The Balaban J connectivity index is 2.14. The molecule has 2 rings (SSSR count). The Bertz CT molecular complexity index is 602. The zero-order chi connectivity index (χ0) is 15.5. The monoisotopic (exact) mass is 309 g/mol. The number of Topliss-reactive ketones (excluding diaryl/α,β-unsaturated/α-hetero) is 1. The maximum atomic E-state index is 12.4. The van der Waals surface area contributed by atoms with Crippen molar-refractivity contribution in [1.82, 2.24) is 4.72 Å². The summed E-state index contributed by atoms with van der Waals surface area (Å²) in [5.74, 6) is 0.634. The molecule has 0 amide bonds. The van der Waals surface area contributed by atoms with Gasteiger partial charge in [0, 0.05) is 18.0 Å². The molecule has 0 radical (unpaired) electrons. The summed E-state index contributed by atoms with van der Waals surface area (Å²) in [4.78, 5) is 11.9. The number of hydrogen-bond acceptors (Lipinski definition) is 3. The average molecular weight is 309 g/mol. The summed E-state index contributed by atoms with van der Waals surface area (Å²) in [6.07, 6.45) is 4.25. The van der Waals surface area contributed by atoms with Crippen LogP contribution in [0.2, 0.25) is 0 Å². The predicted molar refractivity (Wildman–Crippen MR) is 82.8 cm³/mol. The second-order valence-corrected chi connectivity index (χ2v) is 7.60. The molecule has 116 valence electrons. The second kappa shape index (κ2) is 6.71. The van der Waals surface area contributed by atoms with Crippen LogP contribution in [0.5, 0.6) is 0 Å². The lowest BCUT2D eigenvalue weighted by Gasteiger charge is -2.26. The van der Waals surface area contributed by atoms with Crippen molar-refractivity contribution in [2.45, 2.75) is 56.9 Å². The van der Waals surface area contributed by atoms with Crippen molar-refractivity contribution in [3.63, 3.8) is 0 Å². The van der Waals surface area contributed by atoms with Crippen molar-refractivity contribution < 1.29 is 13.2 Å². The first-order valence-electron chi connectivity index (χ1n) is 7.58. The third-order valence-corrected chi connectivity index (χ3v) is 5.64. The topological polar surface area (TPSA) is 63.2 Å². The van der Waals surface area contributed by atoms with Gasteiger partial charge in [0.2, 0.25) is 10.0 Å². The quantitative estimate of drug-likeness (QED) is 0.850. The molecule has 0 aromatic heterocycles. The van der Waals surface area contributed by atoms with Crippen LogP contribution in [0.4, 0.5) is 0 Å². The first-order valence-corrected chi connectivity index (χ1v) is 9.06. The zero-order valence-corrected chi connectivity index (χ0v) is 13.4. The average Bonchev–Trinajstić information content (AvgIpc) is 2.49. The van der Waals surface area contributed by atoms with Gasteiger partial charge < -0.3 is 0 Å². The minimum Gasteiger partial charge on any atom is -0.294 e. The van der Waals surface area contributed by atoms with Gasteiger partial charge in [-0.1, -0.05) is 26.0 Å². The molecular weight excluding hydrogens is 286 g/mol. The number of hydrogen-bond donors (Lipinski definition) is 1. The first kappa shape index (κ1) is 16.2. The summed E-state index contributed by atoms with van der Waals surface area (Å²) in [5.41, 5.74) is 0.456. The molecule has 5 heteroatoms. The summed E-state index contributed by atoms with van der Waals surface area (Å²) < 4.78 is 27.6. The third kappa shape index (κ3) is 4.14. The van der Waals surface area contributed by atoms with E-state index in [4.69, 9.17) is 0 Å². The van der Waals surface area contributed by atoms with Crippen LogP contribution in [0.15, 0.2) is 29.2 Å². The van der Waals surface area contributed by atoms with Crippen molar-refractivity contribution in [3.05, 3.63) is 29.8 Å². The van der Waals surface area contributed by atoms with E-state index in [9.17, 15) is 13.2 Å². The van der Waals surface area contributed by atoms with Crippen LogP contribution < -0.4 is 4.72 Å². The van der Waals surface area contributed by atoms with Crippen molar-refractivity contribution >= 4 is 15.8 Å². The van der Waals surface area contributed by atoms with E-state index < -0.39 is 10.0 Å². The number of ketones is 1. The Hall–Kier alpha value is -1.20. The fourth-order valence-electron chi connectivity index (χ4n) is 2.71. The molecule has 0 spiro atoms. The minimum atomic E-state index is -3.54. The standard InChI is InChI=1S/C16H23NO3S/c1-3-16(18)13-5-4-6-15(11-13)21(19,20)17-14-9-7-12(2)8-10-14/h4-6,11-12,14,17H,3,7-10H2,1-2H3. The van der Waals surface area contributed by atoms with Gasteiger partial charge in [-0.2, -0.15) is 0 Å². The smallest absolute Gasteiger partial charge is 0.240 e. The highest BCUT2D eigenvalue weighted by Crippen LogP contribution is 2.25. The molecule has 21 heavy (non-hydrogen) atoms. The maximum Gasteiger partial charge on any atom is 0.240 e. The van der Waals surface area contributed by atoms with E-state index in [1.165, 1.54) is 6.07 Å². The van der Waals surface area contributed by atoms with Gasteiger partial charge in [-0.15, -0.1) is 0 Å². The molecule has 1 aliphatic rings.